The Morgan fingerprint density at radius 2 is 2.00 bits per heavy atom. The second-order valence-corrected chi connectivity index (χ2v) is 8.91. The van der Waals surface area contributed by atoms with Crippen LogP contribution < -0.4 is 5.63 Å². The second kappa shape index (κ2) is 7.16. The largest absolute Gasteiger partial charge is 0.423 e. The number of thioether (sulfide) groups is 2. The van der Waals surface area contributed by atoms with Crippen molar-refractivity contribution in [3.05, 3.63) is 44.7 Å². The van der Waals surface area contributed by atoms with Crippen molar-refractivity contribution in [3.8, 4) is 0 Å². The topological polar surface area (TPSA) is 56.0 Å². The molecule has 0 N–H and O–H groups in total. The number of hydrogen-bond donors (Lipinski definition) is 0. The number of halogens is 1. The molecular formula is C14H11BrN2O2S3. The van der Waals surface area contributed by atoms with Crippen LogP contribution in [0.3, 0.4) is 0 Å². The molecule has 8 heteroatoms. The van der Waals surface area contributed by atoms with Crippen LogP contribution in [0, 0.1) is 0 Å². The Kier molecular flexibility index (Phi) is 5.22. The normalized spacial score (nSPS) is 11.2. The fourth-order valence-corrected chi connectivity index (χ4v) is 5.15. The minimum atomic E-state index is -0.333. The van der Waals surface area contributed by atoms with Gasteiger partial charge in [0.2, 0.25) is 0 Å². The molecule has 1 aromatic carbocycles. The number of hydrogen-bond acceptors (Lipinski definition) is 7. The molecule has 3 rings (SSSR count). The van der Waals surface area contributed by atoms with Crippen LogP contribution in [0.2, 0.25) is 0 Å². The van der Waals surface area contributed by atoms with Crippen molar-refractivity contribution in [1.29, 1.82) is 0 Å². The van der Waals surface area contributed by atoms with E-state index in [1.54, 1.807) is 40.9 Å². The molecule has 0 amide bonds. The van der Waals surface area contributed by atoms with E-state index in [0.29, 0.717) is 11.3 Å². The number of fused-ring (bicyclic) bond motifs is 1. The summed E-state index contributed by atoms with van der Waals surface area (Å²) < 4.78 is 8.02. The molecular weight excluding hydrogens is 404 g/mol. The third kappa shape index (κ3) is 3.73. The van der Waals surface area contributed by atoms with Gasteiger partial charge in [-0.3, -0.25) is 0 Å². The Balaban J connectivity index is 1.85. The van der Waals surface area contributed by atoms with E-state index in [9.17, 15) is 4.79 Å². The third-order valence-corrected chi connectivity index (χ3v) is 6.41. The summed E-state index contributed by atoms with van der Waals surface area (Å²) in [5, 5.41) is 9.25. The van der Waals surface area contributed by atoms with E-state index in [1.807, 2.05) is 18.2 Å². The van der Waals surface area contributed by atoms with Crippen LogP contribution in [0.5, 0.6) is 0 Å². The van der Waals surface area contributed by atoms with Crippen molar-refractivity contribution in [1.82, 2.24) is 10.2 Å². The lowest BCUT2D eigenvalue weighted by Gasteiger charge is -2.04. The van der Waals surface area contributed by atoms with Gasteiger partial charge in [0, 0.05) is 21.7 Å². The smallest absolute Gasteiger partial charge is 0.336 e. The number of nitrogens with zero attached hydrogens (tertiary/aromatic N) is 2. The van der Waals surface area contributed by atoms with E-state index >= 15 is 0 Å². The van der Waals surface area contributed by atoms with Crippen molar-refractivity contribution in [2.45, 2.75) is 21.4 Å². The van der Waals surface area contributed by atoms with Gasteiger partial charge in [-0.1, -0.05) is 57.7 Å². The molecule has 0 aliphatic heterocycles. The highest BCUT2D eigenvalue weighted by atomic mass is 79.9. The first-order valence-electron chi connectivity index (χ1n) is 6.47. The van der Waals surface area contributed by atoms with Crippen molar-refractivity contribution in [2.24, 2.45) is 0 Å². The molecule has 114 valence electrons. The highest BCUT2D eigenvalue weighted by Crippen LogP contribution is 2.32. The summed E-state index contributed by atoms with van der Waals surface area (Å²) in [5.74, 6) is 1.65. The summed E-state index contributed by atoms with van der Waals surface area (Å²) in [5.41, 5.74) is 1.21. The van der Waals surface area contributed by atoms with Crippen molar-refractivity contribution < 1.29 is 4.42 Å². The molecule has 0 atom stereocenters. The number of aromatic nitrogens is 2. The lowest BCUT2D eigenvalue weighted by molar-refractivity contribution is 0.559. The second-order valence-electron chi connectivity index (χ2n) is 4.29. The first kappa shape index (κ1) is 16.0. The van der Waals surface area contributed by atoms with Crippen molar-refractivity contribution in [2.75, 3.05) is 5.75 Å². The lowest BCUT2D eigenvalue weighted by atomic mass is 10.1. The molecule has 0 spiro atoms. The summed E-state index contributed by atoms with van der Waals surface area (Å²) in [4.78, 5) is 11.7. The Bertz CT molecular complexity index is 863. The minimum Gasteiger partial charge on any atom is -0.423 e. The molecule has 2 aromatic heterocycles. The summed E-state index contributed by atoms with van der Waals surface area (Å²) in [6.45, 7) is 2.09. The van der Waals surface area contributed by atoms with Gasteiger partial charge in [0.15, 0.2) is 8.68 Å². The van der Waals surface area contributed by atoms with E-state index in [-0.39, 0.29) is 5.63 Å². The average Bonchev–Trinajstić information content (AvgIpc) is 2.92. The van der Waals surface area contributed by atoms with E-state index in [0.717, 1.165) is 29.9 Å². The molecule has 4 nitrogen and oxygen atoms in total. The maximum atomic E-state index is 11.7. The molecule has 0 saturated carbocycles. The molecule has 0 fully saturated rings. The SMILES string of the molecule is CCSc1nnc(SCc2cc(=O)oc3cc(Br)ccc23)s1. The number of rotatable bonds is 5. The molecule has 3 aromatic rings. The first-order chi connectivity index (χ1) is 10.7. The molecule has 22 heavy (non-hydrogen) atoms. The fourth-order valence-electron chi connectivity index (χ4n) is 1.90. The zero-order valence-electron chi connectivity index (χ0n) is 11.5. The minimum absolute atomic E-state index is 0.333. The monoisotopic (exact) mass is 414 g/mol. The van der Waals surface area contributed by atoms with Gasteiger partial charge in [0.25, 0.3) is 0 Å². The average molecular weight is 415 g/mol. The Hall–Kier alpha value is -0.830. The fraction of sp³-hybridized carbons (Fsp3) is 0.214. The lowest BCUT2D eigenvalue weighted by Crippen LogP contribution is -1.99. The maximum absolute atomic E-state index is 11.7. The van der Waals surface area contributed by atoms with Gasteiger partial charge in [0.1, 0.15) is 5.58 Å². The van der Waals surface area contributed by atoms with Gasteiger partial charge in [-0.2, -0.15) is 0 Å². The van der Waals surface area contributed by atoms with Crippen LogP contribution in [-0.4, -0.2) is 16.0 Å². The molecule has 0 unspecified atom stereocenters. The van der Waals surface area contributed by atoms with Crippen LogP contribution >= 0.6 is 50.8 Å². The van der Waals surface area contributed by atoms with Crippen molar-refractivity contribution in [3.63, 3.8) is 0 Å². The van der Waals surface area contributed by atoms with E-state index in [4.69, 9.17) is 4.42 Å². The van der Waals surface area contributed by atoms with Gasteiger partial charge in [-0.05, 0) is 29.5 Å². The van der Waals surface area contributed by atoms with Crippen molar-refractivity contribution >= 4 is 61.8 Å². The predicted molar refractivity (Wildman–Crippen MR) is 96.1 cm³/mol. The Morgan fingerprint density at radius 1 is 1.23 bits per heavy atom. The zero-order chi connectivity index (χ0) is 15.5. The molecule has 0 saturated heterocycles. The van der Waals surface area contributed by atoms with Crippen LogP contribution in [0.25, 0.3) is 11.0 Å². The molecule has 2 heterocycles. The van der Waals surface area contributed by atoms with Crippen LogP contribution in [0.4, 0.5) is 0 Å². The first-order valence-corrected chi connectivity index (χ1v) is 10.0. The Labute approximate surface area is 147 Å². The molecule has 0 aliphatic rings. The summed E-state index contributed by atoms with van der Waals surface area (Å²) in [6.07, 6.45) is 0. The van der Waals surface area contributed by atoms with Gasteiger partial charge in [-0.15, -0.1) is 10.2 Å². The van der Waals surface area contributed by atoms with Gasteiger partial charge in [0.05, 0.1) is 0 Å². The van der Waals surface area contributed by atoms with E-state index in [1.165, 1.54) is 0 Å². The van der Waals surface area contributed by atoms with Gasteiger partial charge in [-0.25, -0.2) is 4.79 Å². The van der Waals surface area contributed by atoms with Crippen LogP contribution in [0.1, 0.15) is 12.5 Å². The van der Waals surface area contributed by atoms with Crippen LogP contribution in [-0.2, 0) is 5.75 Å². The Morgan fingerprint density at radius 3 is 2.77 bits per heavy atom. The third-order valence-electron chi connectivity index (χ3n) is 2.80. The van der Waals surface area contributed by atoms with Gasteiger partial charge >= 0.3 is 5.63 Å². The molecule has 0 radical (unpaired) electrons. The summed E-state index contributed by atoms with van der Waals surface area (Å²) >= 11 is 8.24. The highest BCUT2D eigenvalue weighted by molar-refractivity contribution is 9.10. The van der Waals surface area contributed by atoms with Crippen LogP contribution in [0.15, 0.2) is 46.6 Å². The summed E-state index contributed by atoms with van der Waals surface area (Å²) in [6, 6.07) is 7.26. The molecule has 0 bridgehead atoms. The van der Waals surface area contributed by atoms with Gasteiger partial charge < -0.3 is 4.42 Å². The molecule has 0 aliphatic carbocycles. The predicted octanol–water partition coefficient (Wildman–Crippen LogP) is 4.81. The standard InChI is InChI=1S/C14H11BrN2O2S3/c1-2-20-13-16-17-14(22-13)21-7-8-5-12(18)19-11-6-9(15)3-4-10(8)11/h3-6H,2,7H2,1H3. The zero-order valence-corrected chi connectivity index (χ0v) is 15.6. The maximum Gasteiger partial charge on any atom is 0.336 e. The number of benzene rings is 1. The quantitative estimate of drug-likeness (QED) is 0.440. The van der Waals surface area contributed by atoms with E-state index < -0.39 is 0 Å². The summed E-state index contributed by atoms with van der Waals surface area (Å²) in [7, 11) is 0. The highest BCUT2D eigenvalue weighted by Gasteiger charge is 2.09. The van der Waals surface area contributed by atoms with E-state index in [2.05, 4.69) is 33.1 Å².